The van der Waals surface area contributed by atoms with Crippen molar-refractivity contribution in [3.63, 3.8) is 0 Å². The van der Waals surface area contributed by atoms with Crippen molar-refractivity contribution in [1.82, 2.24) is 0 Å². The van der Waals surface area contributed by atoms with Crippen molar-refractivity contribution in [2.75, 3.05) is 7.11 Å². The molecule has 1 rings (SSSR count). The Kier molecular flexibility index (Phi) is 6.79. The van der Waals surface area contributed by atoms with E-state index in [0.29, 0.717) is 6.10 Å². The van der Waals surface area contributed by atoms with E-state index in [1.165, 1.54) is 44.9 Å². The molecule has 0 saturated heterocycles. The summed E-state index contributed by atoms with van der Waals surface area (Å²) in [6.45, 7) is 4.52. The third-order valence-electron chi connectivity index (χ3n) is 3.78. The highest BCUT2D eigenvalue weighted by Gasteiger charge is 2.18. The van der Waals surface area contributed by atoms with E-state index in [1.54, 1.807) is 7.11 Å². The number of rotatable bonds is 7. The van der Waals surface area contributed by atoms with Gasteiger partial charge in [0, 0.05) is 7.11 Å². The smallest absolute Gasteiger partial charge is 0.0543 e. The number of methoxy groups -OCH3 is 1. The number of allylic oxidation sites excluding steroid dienone is 2. The van der Waals surface area contributed by atoms with Gasteiger partial charge < -0.3 is 4.74 Å². The standard InChI is InChI=1S/C15H28O/c1-13-10-11-15(12-13)9-7-5-4-6-8-14(2)16-3/h7,9,13-15H,4-6,8,10-12H2,1-3H3/b9-7+/t13-,14-,15+/m1/s1. The van der Waals surface area contributed by atoms with Crippen LogP contribution in [0.2, 0.25) is 0 Å². The Hall–Kier alpha value is -0.300. The van der Waals surface area contributed by atoms with E-state index in [1.807, 2.05) is 0 Å². The fourth-order valence-corrected chi connectivity index (χ4v) is 2.53. The Morgan fingerprint density at radius 1 is 1.31 bits per heavy atom. The van der Waals surface area contributed by atoms with Gasteiger partial charge in [0.1, 0.15) is 0 Å². The van der Waals surface area contributed by atoms with Gasteiger partial charge in [0.15, 0.2) is 0 Å². The molecule has 1 aliphatic carbocycles. The lowest BCUT2D eigenvalue weighted by Gasteiger charge is -2.07. The first-order chi connectivity index (χ1) is 7.72. The van der Waals surface area contributed by atoms with Crippen molar-refractivity contribution in [2.24, 2.45) is 11.8 Å². The average Bonchev–Trinajstić information content (AvgIpc) is 2.69. The maximum Gasteiger partial charge on any atom is 0.0543 e. The van der Waals surface area contributed by atoms with E-state index in [2.05, 4.69) is 26.0 Å². The van der Waals surface area contributed by atoms with E-state index in [4.69, 9.17) is 4.74 Å². The normalized spacial score (nSPS) is 27.7. The second kappa shape index (κ2) is 7.89. The minimum Gasteiger partial charge on any atom is -0.382 e. The zero-order valence-corrected chi connectivity index (χ0v) is 11.2. The third-order valence-corrected chi connectivity index (χ3v) is 3.78. The number of ether oxygens (including phenoxy) is 1. The van der Waals surface area contributed by atoms with Crippen LogP contribution in [-0.2, 0) is 4.74 Å². The van der Waals surface area contributed by atoms with Gasteiger partial charge in [-0.2, -0.15) is 0 Å². The topological polar surface area (TPSA) is 9.23 Å². The maximum absolute atomic E-state index is 5.23. The van der Waals surface area contributed by atoms with Gasteiger partial charge in [-0.3, -0.25) is 0 Å². The summed E-state index contributed by atoms with van der Waals surface area (Å²) in [4.78, 5) is 0. The van der Waals surface area contributed by atoms with Crippen molar-refractivity contribution in [2.45, 2.75) is 64.9 Å². The van der Waals surface area contributed by atoms with Gasteiger partial charge in [-0.1, -0.05) is 31.9 Å². The van der Waals surface area contributed by atoms with Crippen molar-refractivity contribution in [3.8, 4) is 0 Å². The van der Waals surface area contributed by atoms with Gasteiger partial charge in [0.05, 0.1) is 6.10 Å². The molecule has 0 spiro atoms. The fraction of sp³-hybridized carbons (Fsp3) is 0.867. The fourth-order valence-electron chi connectivity index (χ4n) is 2.53. The molecule has 1 heteroatoms. The van der Waals surface area contributed by atoms with E-state index in [0.717, 1.165) is 11.8 Å². The van der Waals surface area contributed by atoms with Crippen molar-refractivity contribution < 1.29 is 4.74 Å². The van der Waals surface area contributed by atoms with Crippen LogP contribution in [0.25, 0.3) is 0 Å². The second-order valence-corrected chi connectivity index (χ2v) is 5.44. The Labute approximate surface area is 101 Å². The molecule has 0 aromatic heterocycles. The molecule has 16 heavy (non-hydrogen) atoms. The molecule has 3 atom stereocenters. The molecule has 0 heterocycles. The summed E-state index contributed by atoms with van der Waals surface area (Å²) in [5, 5.41) is 0. The van der Waals surface area contributed by atoms with Crippen LogP contribution in [0, 0.1) is 11.8 Å². The summed E-state index contributed by atoms with van der Waals surface area (Å²) < 4.78 is 5.23. The molecule has 1 fully saturated rings. The molecule has 0 N–H and O–H groups in total. The molecular formula is C15H28O. The molecule has 0 radical (unpaired) electrons. The largest absolute Gasteiger partial charge is 0.382 e. The summed E-state index contributed by atoms with van der Waals surface area (Å²) in [7, 11) is 1.80. The van der Waals surface area contributed by atoms with Crippen LogP contribution in [0.15, 0.2) is 12.2 Å². The molecule has 0 amide bonds. The summed E-state index contributed by atoms with van der Waals surface area (Å²) >= 11 is 0. The van der Waals surface area contributed by atoms with Crippen LogP contribution in [0.4, 0.5) is 0 Å². The molecule has 0 aliphatic heterocycles. The number of unbranched alkanes of at least 4 members (excludes halogenated alkanes) is 2. The number of hydrogen-bond acceptors (Lipinski definition) is 1. The Morgan fingerprint density at radius 2 is 2.12 bits per heavy atom. The van der Waals surface area contributed by atoms with Crippen molar-refractivity contribution in [3.05, 3.63) is 12.2 Å². The van der Waals surface area contributed by atoms with Gasteiger partial charge in [0.25, 0.3) is 0 Å². The van der Waals surface area contributed by atoms with Gasteiger partial charge in [-0.15, -0.1) is 0 Å². The van der Waals surface area contributed by atoms with Gasteiger partial charge in [-0.25, -0.2) is 0 Å². The summed E-state index contributed by atoms with van der Waals surface area (Å²) in [5.41, 5.74) is 0. The average molecular weight is 224 g/mol. The van der Waals surface area contributed by atoms with E-state index >= 15 is 0 Å². The highest BCUT2D eigenvalue weighted by molar-refractivity contribution is 4.92. The van der Waals surface area contributed by atoms with E-state index in [9.17, 15) is 0 Å². The van der Waals surface area contributed by atoms with Gasteiger partial charge in [-0.05, 0) is 50.9 Å². The first-order valence-corrected chi connectivity index (χ1v) is 6.91. The van der Waals surface area contributed by atoms with Crippen LogP contribution in [0.3, 0.4) is 0 Å². The van der Waals surface area contributed by atoms with Crippen molar-refractivity contribution in [1.29, 1.82) is 0 Å². The zero-order chi connectivity index (χ0) is 11.8. The van der Waals surface area contributed by atoms with Crippen molar-refractivity contribution >= 4 is 0 Å². The molecule has 0 aromatic rings. The highest BCUT2D eigenvalue weighted by atomic mass is 16.5. The zero-order valence-electron chi connectivity index (χ0n) is 11.2. The monoisotopic (exact) mass is 224 g/mol. The molecule has 1 nitrogen and oxygen atoms in total. The quantitative estimate of drug-likeness (QED) is 0.454. The SMILES string of the molecule is CO[C@H](C)CCCC/C=C/[C@H]1CC[C@@H](C)C1. The third kappa shape index (κ3) is 5.69. The summed E-state index contributed by atoms with van der Waals surface area (Å²) in [5.74, 6) is 1.84. The van der Waals surface area contributed by atoms with Crippen LogP contribution >= 0.6 is 0 Å². The summed E-state index contributed by atoms with van der Waals surface area (Å²) in [6, 6.07) is 0. The first kappa shape index (κ1) is 13.8. The highest BCUT2D eigenvalue weighted by Crippen LogP contribution is 2.31. The van der Waals surface area contributed by atoms with Gasteiger partial charge >= 0.3 is 0 Å². The first-order valence-electron chi connectivity index (χ1n) is 6.91. The predicted octanol–water partition coefficient (Wildman–Crippen LogP) is 4.57. The lowest BCUT2D eigenvalue weighted by atomic mass is 10.0. The minimum absolute atomic E-state index is 0.430. The van der Waals surface area contributed by atoms with E-state index in [-0.39, 0.29) is 0 Å². The Morgan fingerprint density at radius 3 is 2.75 bits per heavy atom. The maximum atomic E-state index is 5.23. The molecule has 1 aliphatic rings. The molecule has 0 aromatic carbocycles. The van der Waals surface area contributed by atoms with E-state index < -0.39 is 0 Å². The molecule has 94 valence electrons. The predicted molar refractivity (Wildman–Crippen MR) is 70.6 cm³/mol. The lowest BCUT2D eigenvalue weighted by Crippen LogP contribution is -2.03. The summed E-state index contributed by atoms with van der Waals surface area (Å²) in [6.07, 6.45) is 14.6. The number of hydrogen-bond donors (Lipinski definition) is 0. The second-order valence-electron chi connectivity index (χ2n) is 5.44. The lowest BCUT2D eigenvalue weighted by molar-refractivity contribution is 0.108. The van der Waals surface area contributed by atoms with Crippen LogP contribution in [0.1, 0.15) is 58.8 Å². The van der Waals surface area contributed by atoms with Gasteiger partial charge in [0.2, 0.25) is 0 Å². The molecule has 0 bridgehead atoms. The Balaban J connectivity index is 1.96. The molecule has 1 saturated carbocycles. The van der Waals surface area contributed by atoms with Crippen LogP contribution in [-0.4, -0.2) is 13.2 Å². The minimum atomic E-state index is 0.430. The van der Waals surface area contributed by atoms with Crippen LogP contribution < -0.4 is 0 Å². The molecule has 0 unspecified atom stereocenters. The van der Waals surface area contributed by atoms with Crippen LogP contribution in [0.5, 0.6) is 0 Å². The molecular weight excluding hydrogens is 196 g/mol. The Bertz CT molecular complexity index is 198.